The summed E-state index contributed by atoms with van der Waals surface area (Å²) in [5.41, 5.74) is 8.53. The number of nitrogens with one attached hydrogen (secondary N) is 1. The molecule has 0 aromatic heterocycles. The fourth-order valence-electron chi connectivity index (χ4n) is 1.94. The number of hydrogen-bond donors (Lipinski definition) is 2. The molecule has 23 heavy (non-hydrogen) atoms. The van der Waals surface area contributed by atoms with Crippen LogP contribution in [0.5, 0.6) is 0 Å². The van der Waals surface area contributed by atoms with Crippen LogP contribution < -0.4 is 11.1 Å². The van der Waals surface area contributed by atoms with Gasteiger partial charge in [0, 0.05) is 25.1 Å². The van der Waals surface area contributed by atoms with Gasteiger partial charge < -0.3 is 15.8 Å². The van der Waals surface area contributed by atoms with Crippen LogP contribution in [0, 0.1) is 11.8 Å². The van der Waals surface area contributed by atoms with E-state index >= 15 is 0 Å². The molecule has 4 nitrogen and oxygen atoms in total. The smallest absolute Gasteiger partial charge is 0.407 e. The van der Waals surface area contributed by atoms with Crippen molar-refractivity contribution in [3.8, 4) is 11.8 Å². The van der Waals surface area contributed by atoms with Crippen molar-refractivity contribution in [3.63, 3.8) is 0 Å². The highest BCUT2D eigenvalue weighted by Gasteiger charge is 2.00. The first kappa shape index (κ1) is 16.6. The minimum atomic E-state index is -0.430. The molecule has 0 fully saturated rings. The lowest BCUT2D eigenvalue weighted by Crippen LogP contribution is -2.24. The van der Waals surface area contributed by atoms with E-state index in [1.54, 1.807) is 0 Å². The third-order valence-electron chi connectivity index (χ3n) is 3.13. The van der Waals surface area contributed by atoms with Crippen LogP contribution in [0.2, 0.25) is 0 Å². The summed E-state index contributed by atoms with van der Waals surface area (Å²) in [4.78, 5) is 11.5. The quantitative estimate of drug-likeness (QED) is 0.659. The van der Waals surface area contributed by atoms with E-state index in [0.29, 0.717) is 19.5 Å². The van der Waals surface area contributed by atoms with Gasteiger partial charge in [-0.05, 0) is 23.3 Å². The normalized spacial score (nSPS) is 9.61. The first-order valence-electron chi connectivity index (χ1n) is 7.50. The number of nitrogens with two attached hydrogens (primary N) is 1. The Morgan fingerprint density at radius 3 is 2.65 bits per heavy atom. The van der Waals surface area contributed by atoms with Crippen LogP contribution in [0.1, 0.15) is 23.1 Å². The van der Waals surface area contributed by atoms with Gasteiger partial charge in [0.1, 0.15) is 6.61 Å². The summed E-state index contributed by atoms with van der Waals surface area (Å²) in [6, 6.07) is 17.4. The molecule has 0 heterocycles. The predicted molar refractivity (Wildman–Crippen MR) is 90.5 cm³/mol. The van der Waals surface area contributed by atoms with Crippen LogP contribution in [0.25, 0.3) is 0 Å². The summed E-state index contributed by atoms with van der Waals surface area (Å²) in [6.07, 6.45) is 0.133. The molecular formula is C19H20N2O2. The number of carbonyl (C=O) groups excluding carboxylic acids is 1. The van der Waals surface area contributed by atoms with E-state index in [1.807, 2.05) is 54.6 Å². The van der Waals surface area contributed by atoms with E-state index < -0.39 is 6.09 Å². The minimum Gasteiger partial charge on any atom is -0.445 e. The standard InChI is InChI=1S/C19H20N2O2/c20-14-18-11-6-10-16(13-18)7-4-5-12-21-19(22)23-15-17-8-2-1-3-9-17/h1-3,6,8-11,13H,5,12,14-15,20H2,(H,21,22). The van der Waals surface area contributed by atoms with Crippen molar-refractivity contribution in [3.05, 3.63) is 71.3 Å². The van der Waals surface area contributed by atoms with Crippen molar-refractivity contribution in [2.24, 2.45) is 5.73 Å². The van der Waals surface area contributed by atoms with E-state index in [1.165, 1.54) is 0 Å². The van der Waals surface area contributed by atoms with Gasteiger partial charge in [-0.1, -0.05) is 54.3 Å². The van der Waals surface area contributed by atoms with Crippen molar-refractivity contribution in [2.75, 3.05) is 6.54 Å². The maximum Gasteiger partial charge on any atom is 0.407 e. The van der Waals surface area contributed by atoms with Crippen molar-refractivity contribution < 1.29 is 9.53 Å². The molecule has 0 aliphatic heterocycles. The Morgan fingerprint density at radius 1 is 1.09 bits per heavy atom. The summed E-state index contributed by atoms with van der Waals surface area (Å²) in [5, 5.41) is 2.68. The van der Waals surface area contributed by atoms with Gasteiger partial charge in [-0.2, -0.15) is 0 Å². The predicted octanol–water partition coefficient (Wildman–Crippen LogP) is 2.81. The highest BCUT2D eigenvalue weighted by molar-refractivity contribution is 5.67. The van der Waals surface area contributed by atoms with Gasteiger partial charge >= 0.3 is 6.09 Å². The van der Waals surface area contributed by atoms with Gasteiger partial charge in [-0.3, -0.25) is 0 Å². The lowest BCUT2D eigenvalue weighted by Gasteiger charge is -2.05. The van der Waals surface area contributed by atoms with Crippen LogP contribution in [-0.2, 0) is 17.9 Å². The van der Waals surface area contributed by atoms with E-state index in [-0.39, 0.29) is 6.61 Å². The van der Waals surface area contributed by atoms with Crippen LogP contribution in [0.4, 0.5) is 4.79 Å². The van der Waals surface area contributed by atoms with Gasteiger partial charge in [0.2, 0.25) is 0 Å². The fourth-order valence-corrected chi connectivity index (χ4v) is 1.94. The molecule has 0 bridgehead atoms. The maximum atomic E-state index is 11.5. The lowest BCUT2D eigenvalue weighted by molar-refractivity contribution is 0.140. The Hall–Kier alpha value is -2.77. The molecule has 0 saturated carbocycles. The van der Waals surface area contributed by atoms with Gasteiger partial charge in [0.25, 0.3) is 0 Å². The molecule has 2 aromatic carbocycles. The molecule has 2 rings (SSSR count). The number of amides is 1. The molecule has 0 unspecified atom stereocenters. The van der Waals surface area contributed by atoms with Crippen molar-refractivity contribution in [1.29, 1.82) is 0 Å². The van der Waals surface area contributed by atoms with Gasteiger partial charge in [0.15, 0.2) is 0 Å². The van der Waals surface area contributed by atoms with Crippen molar-refractivity contribution in [1.82, 2.24) is 5.32 Å². The van der Waals surface area contributed by atoms with E-state index in [2.05, 4.69) is 17.2 Å². The second-order valence-electron chi connectivity index (χ2n) is 4.94. The molecule has 0 radical (unpaired) electrons. The average molecular weight is 308 g/mol. The van der Waals surface area contributed by atoms with E-state index in [0.717, 1.165) is 16.7 Å². The molecule has 3 N–H and O–H groups in total. The zero-order valence-electron chi connectivity index (χ0n) is 12.9. The molecule has 0 aliphatic carbocycles. The van der Waals surface area contributed by atoms with Gasteiger partial charge in [-0.25, -0.2) is 4.79 Å². The maximum absolute atomic E-state index is 11.5. The van der Waals surface area contributed by atoms with Gasteiger partial charge in [0.05, 0.1) is 0 Å². The number of ether oxygens (including phenoxy) is 1. The molecule has 118 valence electrons. The summed E-state index contributed by atoms with van der Waals surface area (Å²) in [6.45, 7) is 1.23. The summed E-state index contributed by atoms with van der Waals surface area (Å²) >= 11 is 0. The zero-order chi connectivity index (χ0) is 16.3. The van der Waals surface area contributed by atoms with Crippen LogP contribution in [-0.4, -0.2) is 12.6 Å². The zero-order valence-corrected chi connectivity index (χ0v) is 12.9. The summed E-state index contributed by atoms with van der Waals surface area (Å²) in [5.74, 6) is 6.07. The van der Waals surface area contributed by atoms with Crippen LogP contribution >= 0.6 is 0 Å². The number of alkyl carbamates (subject to hydrolysis) is 1. The van der Waals surface area contributed by atoms with Gasteiger partial charge in [-0.15, -0.1) is 0 Å². The Kier molecular flexibility index (Phi) is 6.70. The highest BCUT2D eigenvalue weighted by atomic mass is 16.5. The largest absolute Gasteiger partial charge is 0.445 e. The Bertz CT molecular complexity index is 687. The number of hydrogen-bond acceptors (Lipinski definition) is 3. The monoisotopic (exact) mass is 308 g/mol. The Labute approximate surface area is 136 Å². The lowest BCUT2D eigenvalue weighted by atomic mass is 10.1. The van der Waals surface area contributed by atoms with E-state index in [4.69, 9.17) is 10.5 Å². The minimum absolute atomic E-state index is 0.268. The van der Waals surface area contributed by atoms with Crippen LogP contribution in [0.3, 0.4) is 0 Å². The molecule has 0 saturated heterocycles. The second kappa shape index (κ2) is 9.29. The number of benzene rings is 2. The second-order valence-corrected chi connectivity index (χ2v) is 4.94. The molecular weight excluding hydrogens is 288 g/mol. The third-order valence-corrected chi connectivity index (χ3v) is 3.13. The molecule has 4 heteroatoms. The summed E-state index contributed by atoms with van der Waals surface area (Å²) in [7, 11) is 0. The van der Waals surface area contributed by atoms with Crippen molar-refractivity contribution in [2.45, 2.75) is 19.6 Å². The number of rotatable bonds is 5. The highest BCUT2D eigenvalue weighted by Crippen LogP contribution is 2.03. The molecule has 0 atom stereocenters. The molecule has 1 amide bonds. The number of carbonyl (C=O) groups is 1. The first-order chi connectivity index (χ1) is 11.3. The fraction of sp³-hybridized carbons (Fsp3) is 0.211. The SMILES string of the molecule is NCc1cccc(C#CCCNC(=O)OCc2ccccc2)c1. The topological polar surface area (TPSA) is 64.3 Å². The van der Waals surface area contributed by atoms with Crippen LogP contribution in [0.15, 0.2) is 54.6 Å². The summed E-state index contributed by atoms with van der Waals surface area (Å²) < 4.78 is 5.11. The Morgan fingerprint density at radius 2 is 1.87 bits per heavy atom. The molecule has 0 aliphatic rings. The third kappa shape index (κ3) is 6.25. The first-order valence-corrected chi connectivity index (χ1v) is 7.50. The Balaban J connectivity index is 1.67. The molecule has 0 spiro atoms. The van der Waals surface area contributed by atoms with E-state index in [9.17, 15) is 4.79 Å². The molecule has 2 aromatic rings. The average Bonchev–Trinajstić information content (AvgIpc) is 2.61. The van der Waals surface area contributed by atoms with Crippen molar-refractivity contribution >= 4 is 6.09 Å².